The number of halogens is 3. The number of benzene rings is 2. The first-order chi connectivity index (χ1) is 20.3. The van der Waals surface area contributed by atoms with Gasteiger partial charge in [0.2, 0.25) is 0 Å². The van der Waals surface area contributed by atoms with Crippen molar-refractivity contribution in [1.29, 1.82) is 0 Å². The van der Waals surface area contributed by atoms with Gasteiger partial charge in [0.15, 0.2) is 0 Å². The van der Waals surface area contributed by atoms with Gasteiger partial charge in [-0.2, -0.15) is 0 Å². The van der Waals surface area contributed by atoms with Crippen molar-refractivity contribution < 1.29 is 37.4 Å². The van der Waals surface area contributed by atoms with Gasteiger partial charge in [0.05, 0.1) is 12.5 Å². The molecular formula is C32H38F3N3O5. The maximum absolute atomic E-state index is 14.2. The molecule has 1 aliphatic carbocycles. The normalized spacial score (nSPS) is 21.2. The highest BCUT2D eigenvalue weighted by atomic mass is 19.4. The second kappa shape index (κ2) is 13.2. The van der Waals surface area contributed by atoms with E-state index in [1.165, 1.54) is 18.2 Å². The van der Waals surface area contributed by atoms with Crippen molar-refractivity contribution in [3.05, 3.63) is 65.2 Å². The molecule has 2 aromatic carbocycles. The van der Waals surface area contributed by atoms with Crippen LogP contribution in [0.5, 0.6) is 5.75 Å². The third-order valence-electron chi connectivity index (χ3n) is 8.36. The van der Waals surface area contributed by atoms with Crippen molar-refractivity contribution >= 4 is 23.5 Å². The first-order valence-corrected chi connectivity index (χ1v) is 14.7. The van der Waals surface area contributed by atoms with E-state index in [1.807, 2.05) is 11.8 Å². The molecule has 2 aromatic rings. The van der Waals surface area contributed by atoms with Crippen LogP contribution in [0.15, 0.2) is 53.5 Å². The Morgan fingerprint density at radius 2 is 1.81 bits per heavy atom. The Hall–Kier alpha value is -3.89. The van der Waals surface area contributed by atoms with E-state index in [1.54, 1.807) is 30.3 Å². The number of rotatable bonds is 11. The highest BCUT2D eigenvalue weighted by molar-refractivity contribution is 6.46. The molecular weight excluding hydrogens is 563 g/mol. The Morgan fingerprint density at radius 1 is 1.14 bits per heavy atom. The molecule has 1 saturated carbocycles. The van der Waals surface area contributed by atoms with Gasteiger partial charge in [0, 0.05) is 17.7 Å². The third-order valence-corrected chi connectivity index (χ3v) is 8.36. The molecule has 1 fully saturated rings. The predicted octanol–water partition coefficient (Wildman–Crippen LogP) is 6.50. The summed E-state index contributed by atoms with van der Waals surface area (Å²) in [6, 6.07) is 11.9. The SMILES string of the molecule is CCCC(c1ccc(C(=O)NCCC(=O)O)cc1)N1C(=O)C(c2cccc(OC(F)(F)F)c2)=NC12CCC(C(C)C)CC2. The van der Waals surface area contributed by atoms with Crippen molar-refractivity contribution in [2.24, 2.45) is 16.8 Å². The Kier molecular flexibility index (Phi) is 9.82. The molecule has 1 atom stereocenters. The maximum atomic E-state index is 14.2. The summed E-state index contributed by atoms with van der Waals surface area (Å²) in [7, 11) is 0. The minimum Gasteiger partial charge on any atom is -0.481 e. The summed E-state index contributed by atoms with van der Waals surface area (Å²) in [5, 5.41) is 11.4. The van der Waals surface area contributed by atoms with Gasteiger partial charge in [0.25, 0.3) is 11.8 Å². The number of aliphatic imine (C=N–C) groups is 1. The zero-order chi connectivity index (χ0) is 31.4. The third kappa shape index (κ3) is 7.55. The van der Waals surface area contributed by atoms with Gasteiger partial charge in [-0.05, 0) is 73.8 Å². The lowest BCUT2D eigenvalue weighted by Crippen LogP contribution is -2.51. The molecule has 4 rings (SSSR count). The highest BCUT2D eigenvalue weighted by Gasteiger charge is 2.52. The summed E-state index contributed by atoms with van der Waals surface area (Å²) in [5.41, 5.74) is 0.719. The number of carboxylic acids is 1. The number of hydrogen-bond acceptors (Lipinski definition) is 5. The van der Waals surface area contributed by atoms with Gasteiger partial charge in [-0.15, -0.1) is 13.2 Å². The van der Waals surface area contributed by atoms with Crippen LogP contribution in [0.1, 0.15) is 93.2 Å². The van der Waals surface area contributed by atoms with E-state index in [2.05, 4.69) is 23.9 Å². The first kappa shape index (κ1) is 32.0. The van der Waals surface area contributed by atoms with E-state index in [0.717, 1.165) is 24.8 Å². The lowest BCUT2D eigenvalue weighted by atomic mass is 9.76. The van der Waals surface area contributed by atoms with Gasteiger partial charge in [-0.3, -0.25) is 19.4 Å². The van der Waals surface area contributed by atoms with Gasteiger partial charge in [-0.1, -0.05) is 51.5 Å². The lowest BCUT2D eigenvalue weighted by Gasteiger charge is -2.46. The smallest absolute Gasteiger partial charge is 0.481 e. The molecule has 232 valence electrons. The van der Waals surface area contributed by atoms with Crippen molar-refractivity contribution in [2.45, 2.75) is 83.8 Å². The van der Waals surface area contributed by atoms with Crippen LogP contribution >= 0.6 is 0 Å². The fourth-order valence-electron chi connectivity index (χ4n) is 6.15. The summed E-state index contributed by atoms with van der Waals surface area (Å²) in [6.45, 7) is 6.38. The molecule has 0 radical (unpaired) electrons. The molecule has 2 aliphatic rings. The minimum absolute atomic E-state index is 0.00583. The van der Waals surface area contributed by atoms with Crippen LogP contribution in [-0.4, -0.2) is 52.1 Å². The second-order valence-corrected chi connectivity index (χ2v) is 11.6. The maximum Gasteiger partial charge on any atom is 0.573 e. The first-order valence-electron chi connectivity index (χ1n) is 14.7. The molecule has 2 amide bonds. The van der Waals surface area contributed by atoms with Crippen LogP contribution in [0, 0.1) is 11.8 Å². The fraction of sp³-hybridized carbons (Fsp3) is 0.500. The van der Waals surface area contributed by atoms with Crippen LogP contribution in [-0.2, 0) is 9.59 Å². The Bertz CT molecular complexity index is 1350. The largest absolute Gasteiger partial charge is 0.573 e. The molecule has 8 nitrogen and oxygen atoms in total. The quantitative estimate of drug-likeness (QED) is 0.306. The monoisotopic (exact) mass is 601 g/mol. The molecule has 0 saturated heterocycles. The number of carbonyl (C=O) groups excluding carboxylic acids is 2. The number of hydrogen-bond donors (Lipinski definition) is 2. The zero-order valence-corrected chi connectivity index (χ0v) is 24.6. The van der Waals surface area contributed by atoms with Crippen molar-refractivity contribution in [3.63, 3.8) is 0 Å². The number of nitrogens with one attached hydrogen (secondary N) is 1. The topological polar surface area (TPSA) is 108 Å². The number of carbonyl (C=O) groups is 3. The molecule has 1 spiro atoms. The number of carboxylic acid groups (broad SMARTS) is 1. The van der Waals surface area contributed by atoms with Crippen molar-refractivity contribution in [1.82, 2.24) is 10.2 Å². The summed E-state index contributed by atoms with van der Waals surface area (Å²) in [4.78, 5) is 44.4. The average molecular weight is 602 g/mol. The minimum atomic E-state index is -4.87. The summed E-state index contributed by atoms with van der Waals surface area (Å²) < 4.78 is 43.0. The number of amides is 2. The van der Waals surface area contributed by atoms with Gasteiger partial charge in [-0.25, -0.2) is 0 Å². The molecule has 1 heterocycles. The average Bonchev–Trinajstić information content (AvgIpc) is 3.22. The number of aliphatic carboxylic acids is 1. The van der Waals surface area contributed by atoms with Crippen molar-refractivity contribution in [2.75, 3.05) is 6.54 Å². The van der Waals surface area contributed by atoms with Crippen LogP contribution in [0.3, 0.4) is 0 Å². The van der Waals surface area contributed by atoms with E-state index in [4.69, 9.17) is 10.1 Å². The van der Waals surface area contributed by atoms with Crippen LogP contribution in [0.2, 0.25) is 0 Å². The van der Waals surface area contributed by atoms with E-state index in [0.29, 0.717) is 36.7 Å². The van der Waals surface area contributed by atoms with Crippen LogP contribution in [0.25, 0.3) is 0 Å². The summed E-state index contributed by atoms with van der Waals surface area (Å²) in [6.07, 6.45) is -0.692. The molecule has 0 bridgehead atoms. The van der Waals surface area contributed by atoms with Gasteiger partial charge < -0.3 is 20.1 Å². The second-order valence-electron chi connectivity index (χ2n) is 11.6. The Balaban J connectivity index is 1.68. The summed E-state index contributed by atoms with van der Waals surface area (Å²) >= 11 is 0. The standard InChI is InChI=1S/C32H38F3N3O5/c1-4-6-26(22-9-11-23(12-10-22)29(41)36-18-15-27(39)40)38-30(42)28(24-7-5-8-25(19-24)43-32(33,34)35)37-31(38)16-13-21(14-17-31)20(2)3/h5,7-12,19-21,26H,4,6,13-18H2,1-3H3,(H,36,41)(H,39,40). The van der Waals surface area contributed by atoms with Crippen LogP contribution in [0.4, 0.5) is 13.2 Å². The highest BCUT2D eigenvalue weighted by Crippen LogP contribution is 2.48. The number of ether oxygens (including phenoxy) is 1. The Labute approximate surface area is 249 Å². The zero-order valence-electron chi connectivity index (χ0n) is 24.6. The molecule has 43 heavy (non-hydrogen) atoms. The molecule has 2 N–H and O–H groups in total. The number of nitrogens with zero attached hydrogens (tertiary/aromatic N) is 2. The van der Waals surface area contributed by atoms with Crippen molar-refractivity contribution in [3.8, 4) is 5.75 Å². The molecule has 11 heteroatoms. The fourth-order valence-corrected chi connectivity index (χ4v) is 6.15. The molecule has 0 aromatic heterocycles. The van der Waals surface area contributed by atoms with Gasteiger partial charge in [0.1, 0.15) is 17.1 Å². The molecule has 1 aliphatic heterocycles. The predicted molar refractivity (Wildman–Crippen MR) is 155 cm³/mol. The summed E-state index contributed by atoms with van der Waals surface area (Å²) in [5.74, 6) is -1.21. The number of alkyl halides is 3. The van der Waals surface area contributed by atoms with E-state index in [-0.39, 0.29) is 36.2 Å². The van der Waals surface area contributed by atoms with Crippen LogP contribution < -0.4 is 10.1 Å². The lowest BCUT2D eigenvalue weighted by molar-refractivity contribution is -0.274. The van der Waals surface area contributed by atoms with E-state index >= 15 is 0 Å². The van der Waals surface area contributed by atoms with E-state index in [9.17, 15) is 27.6 Å². The Morgan fingerprint density at radius 3 is 2.40 bits per heavy atom. The molecule has 1 unspecified atom stereocenters. The van der Waals surface area contributed by atoms with E-state index < -0.39 is 29.7 Å². The van der Waals surface area contributed by atoms with Gasteiger partial charge >= 0.3 is 12.3 Å².